The van der Waals surface area contributed by atoms with Crippen molar-refractivity contribution in [3.63, 3.8) is 0 Å². The number of fused-ring (bicyclic) bond motifs is 1. The topological polar surface area (TPSA) is 62.5 Å². The zero-order valence-electron chi connectivity index (χ0n) is 9.64. The first-order valence-corrected chi connectivity index (χ1v) is 6.54. The highest BCUT2D eigenvalue weighted by Crippen LogP contribution is 2.21. The molecule has 1 N–H and O–H groups in total. The number of nitrogens with zero attached hydrogens (tertiary/aromatic N) is 4. The number of rotatable bonds is 1. The van der Waals surface area contributed by atoms with Gasteiger partial charge in [0, 0.05) is 31.7 Å². The van der Waals surface area contributed by atoms with Crippen LogP contribution in [0.3, 0.4) is 0 Å². The van der Waals surface area contributed by atoms with Crippen LogP contribution in [-0.4, -0.2) is 39.9 Å². The van der Waals surface area contributed by atoms with E-state index in [2.05, 4.69) is 31.2 Å². The summed E-state index contributed by atoms with van der Waals surface area (Å²) in [6.07, 6.45) is 6.35. The summed E-state index contributed by atoms with van der Waals surface area (Å²) in [5.41, 5.74) is 0.771. The standard InChI is InChI=1S/C11H12BrN5O/c12-8-6-17-5-3-14-10(17)11(15-8)16-4-1-2-13-9(18)7-16/h3,5-6H,1-2,4,7H2,(H,13,18). The van der Waals surface area contributed by atoms with Crippen LogP contribution >= 0.6 is 15.9 Å². The number of carbonyl (C=O) groups excluding carboxylic acids is 1. The monoisotopic (exact) mass is 309 g/mol. The summed E-state index contributed by atoms with van der Waals surface area (Å²) < 4.78 is 2.63. The summed E-state index contributed by atoms with van der Waals surface area (Å²) in [5.74, 6) is 0.769. The van der Waals surface area contributed by atoms with Crippen molar-refractivity contribution in [1.29, 1.82) is 0 Å². The van der Waals surface area contributed by atoms with Gasteiger partial charge in [0.2, 0.25) is 5.91 Å². The molecule has 0 radical (unpaired) electrons. The minimum absolute atomic E-state index is 0.0268. The fourth-order valence-electron chi connectivity index (χ4n) is 2.08. The second kappa shape index (κ2) is 4.56. The maximum atomic E-state index is 11.6. The van der Waals surface area contributed by atoms with Crippen molar-refractivity contribution in [1.82, 2.24) is 19.7 Å². The van der Waals surface area contributed by atoms with Crippen LogP contribution in [0.2, 0.25) is 0 Å². The Morgan fingerprint density at radius 1 is 1.44 bits per heavy atom. The zero-order valence-corrected chi connectivity index (χ0v) is 11.2. The van der Waals surface area contributed by atoms with Gasteiger partial charge in [-0.15, -0.1) is 0 Å². The Morgan fingerprint density at radius 3 is 3.22 bits per heavy atom. The Bertz CT molecular complexity index is 596. The van der Waals surface area contributed by atoms with E-state index in [1.807, 2.05) is 21.7 Å². The quantitative estimate of drug-likeness (QED) is 0.847. The third kappa shape index (κ3) is 2.05. The minimum Gasteiger partial charge on any atom is -0.354 e. The smallest absolute Gasteiger partial charge is 0.239 e. The number of halogens is 1. The van der Waals surface area contributed by atoms with Crippen molar-refractivity contribution < 1.29 is 4.79 Å². The lowest BCUT2D eigenvalue weighted by Crippen LogP contribution is -2.33. The Labute approximate surface area is 112 Å². The maximum absolute atomic E-state index is 11.6. The van der Waals surface area contributed by atoms with Crippen LogP contribution in [0.1, 0.15) is 6.42 Å². The van der Waals surface area contributed by atoms with E-state index in [1.165, 1.54) is 0 Å². The number of anilines is 1. The van der Waals surface area contributed by atoms with E-state index < -0.39 is 0 Å². The lowest BCUT2D eigenvalue weighted by Gasteiger charge is -2.20. The number of hydrogen-bond acceptors (Lipinski definition) is 4. The van der Waals surface area contributed by atoms with Gasteiger partial charge in [0.15, 0.2) is 11.5 Å². The molecule has 7 heteroatoms. The summed E-state index contributed by atoms with van der Waals surface area (Å²) >= 11 is 3.38. The highest BCUT2D eigenvalue weighted by molar-refractivity contribution is 9.10. The highest BCUT2D eigenvalue weighted by atomic mass is 79.9. The van der Waals surface area contributed by atoms with E-state index in [0.717, 1.165) is 29.0 Å². The minimum atomic E-state index is 0.0268. The molecule has 18 heavy (non-hydrogen) atoms. The van der Waals surface area contributed by atoms with Crippen molar-refractivity contribution in [2.75, 3.05) is 24.5 Å². The average molecular weight is 310 g/mol. The third-order valence-corrected chi connectivity index (χ3v) is 3.27. The molecule has 3 rings (SSSR count). The molecular formula is C11H12BrN5O. The van der Waals surface area contributed by atoms with Crippen molar-refractivity contribution in [2.24, 2.45) is 0 Å². The van der Waals surface area contributed by atoms with Gasteiger partial charge in [0.1, 0.15) is 4.60 Å². The molecule has 1 aliphatic rings. The number of amides is 1. The molecule has 2 aromatic rings. The molecule has 1 amide bonds. The maximum Gasteiger partial charge on any atom is 0.239 e. The van der Waals surface area contributed by atoms with Crippen LogP contribution in [0, 0.1) is 0 Å². The van der Waals surface area contributed by atoms with Gasteiger partial charge < -0.3 is 14.6 Å². The van der Waals surface area contributed by atoms with Gasteiger partial charge >= 0.3 is 0 Å². The molecule has 0 unspecified atom stereocenters. The molecule has 2 aromatic heterocycles. The van der Waals surface area contributed by atoms with Gasteiger partial charge in [-0.3, -0.25) is 4.79 Å². The van der Waals surface area contributed by atoms with Gasteiger partial charge in [-0.05, 0) is 22.4 Å². The number of aromatic nitrogens is 3. The third-order valence-electron chi connectivity index (χ3n) is 2.89. The van der Waals surface area contributed by atoms with Crippen molar-refractivity contribution in [2.45, 2.75) is 6.42 Å². The number of imidazole rings is 1. The van der Waals surface area contributed by atoms with Crippen molar-refractivity contribution in [3.05, 3.63) is 23.2 Å². The summed E-state index contributed by atoms with van der Waals surface area (Å²) in [4.78, 5) is 22.3. The number of carbonyl (C=O) groups is 1. The van der Waals surface area contributed by atoms with Crippen LogP contribution in [0.5, 0.6) is 0 Å². The van der Waals surface area contributed by atoms with E-state index >= 15 is 0 Å². The summed E-state index contributed by atoms with van der Waals surface area (Å²) in [5, 5.41) is 2.85. The van der Waals surface area contributed by atoms with E-state index in [-0.39, 0.29) is 5.91 Å². The molecule has 0 saturated carbocycles. The first-order valence-electron chi connectivity index (χ1n) is 5.75. The van der Waals surface area contributed by atoms with Crippen LogP contribution in [-0.2, 0) is 4.79 Å². The molecule has 0 aliphatic carbocycles. The fraction of sp³-hybridized carbons (Fsp3) is 0.364. The highest BCUT2D eigenvalue weighted by Gasteiger charge is 2.19. The van der Waals surface area contributed by atoms with Crippen LogP contribution in [0.25, 0.3) is 5.65 Å². The molecule has 3 heterocycles. The van der Waals surface area contributed by atoms with Gasteiger partial charge in [-0.2, -0.15) is 0 Å². The lowest BCUT2D eigenvalue weighted by atomic mass is 10.4. The van der Waals surface area contributed by atoms with Crippen LogP contribution in [0.15, 0.2) is 23.2 Å². The van der Waals surface area contributed by atoms with Gasteiger partial charge in [0.05, 0.1) is 6.54 Å². The average Bonchev–Trinajstić information content (AvgIpc) is 2.69. The molecule has 1 aliphatic heterocycles. The van der Waals surface area contributed by atoms with Crippen molar-refractivity contribution in [3.8, 4) is 0 Å². The Balaban J connectivity index is 2.06. The van der Waals surface area contributed by atoms with E-state index in [9.17, 15) is 4.79 Å². The molecule has 6 nitrogen and oxygen atoms in total. The van der Waals surface area contributed by atoms with Crippen LogP contribution in [0.4, 0.5) is 5.82 Å². The predicted octanol–water partition coefficient (Wildman–Crippen LogP) is 0.818. The largest absolute Gasteiger partial charge is 0.354 e. The SMILES string of the molecule is O=C1CN(c2nc(Br)cn3ccnc23)CCCN1. The number of hydrogen-bond donors (Lipinski definition) is 1. The zero-order chi connectivity index (χ0) is 12.5. The van der Waals surface area contributed by atoms with E-state index in [0.29, 0.717) is 13.1 Å². The molecular weight excluding hydrogens is 298 g/mol. The molecule has 94 valence electrons. The molecule has 0 bridgehead atoms. The molecule has 0 atom stereocenters. The molecule has 1 saturated heterocycles. The fourth-order valence-corrected chi connectivity index (χ4v) is 2.47. The first-order chi connectivity index (χ1) is 8.74. The van der Waals surface area contributed by atoms with Gasteiger partial charge in [0.25, 0.3) is 0 Å². The van der Waals surface area contributed by atoms with Crippen LogP contribution < -0.4 is 10.2 Å². The molecule has 0 aromatic carbocycles. The van der Waals surface area contributed by atoms with E-state index in [1.54, 1.807) is 6.20 Å². The Kier molecular flexibility index (Phi) is 2.91. The molecule has 1 fully saturated rings. The number of nitrogens with one attached hydrogen (secondary N) is 1. The Morgan fingerprint density at radius 2 is 2.33 bits per heavy atom. The lowest BCUT2D eigenvalue weighted by molar-refractivity contribution is -0.119. The Hall–Kier alpha value is -1.63. The first kappa shape index (κ1) is 11.5. The second-order valence-electron chi connectivity index (χ2n) is 4.17. The van der Waals surface area contributed by atoms with Crippen molar-refractivity contribution >= 4 is 33.3 Å². The molecule has 0 spiro atoms. The summed E-state index contributed by atoms with van der Waals surface area (Å²) in [6.45, 7) is 1.84. The van der Waals surface area contributed by atoms with E-state index in [4.69, 9.17) is 0 Å². The van der Waals surface area contributed by atoms with Gasteiger partial charge in [-0.1, -0.05) is 0 Å². The van der Waals surface area contributed by atoms with Gasteiger partial charge in [-0.25, -0.2) is 9.97 Å². The second-order valence-corrected chi connectivity index (χ2v) is 4.98. The summed E-state index contributed by atoms with van der Waals surface area (Å²) in [7, 11) is 0. The normalized spacial score (nSPS) is 16.7. The predicted molar refractivity (Wildman–Crippen MR) is 70.5 cm³/mol. The summed E-state index contributed by atoms with van der Waals surface area (Å²) in [6, 6.07) is 0.